The lowest BCUT2D eigenvalue weighted by Gasteiger charge is -2.09. The van der Waals surface area contributed by atoms with Gasteiger partial charge in [-0.2, -0.15) is 0 Å². The van der Waals surface area contributed by atoms with Gasteiger partial charge in [-0.3, -0.25) is 0 Å². The maximum Gasteiger partial charge on any atom is 0.413 e. The van der Waals surface area contributed by atoms with Crippen LogP contribution in [0.3, 0.4) is 0 Å². The van der Waals surface area contributed by atoms with E-state index in [9.17, 15) is 4.79 Å². The average molecular weight is 190 g/mol. The van der Waals surface area contributed by atoms with Gasteiger partial charge in [0.1, 0.15) is 0 Å². The summed E-state index contributed by atoms with van der Waals surface area (Å²) in [7, 11) is 3.84. The van der Waals surface area contributed by atoms with Gasteiger partial charge in [-0.25, -0.2) is 4.79 Å². The summed E-state index contributed by atoms with van der Waals surface area (Å²) in [5.74, 6) is 0. The molecule has 0 fully saturated rings. The van der Waals surface area contributed by atoms with Crippen molar-refractivity contribution in [3.05, 3.63) is 11.7 Å². The molecule has 0 spiro atoms. The molecule has 0 heterocycles. The Morgan fingerprint density at radius 1 is 1.67 bits per heavy atom. The van der Waals surface area contributed by atoms with Crippen molar-refractivity contribution in [2.45, 2.75) is 0 Å². The second kappa shape index (κ2) is 5.91. The number of nitrogens with one attached hydrogen (secondary N) is 1. The van der Waals surface area contributed by atoms with Gasteiger partial charge in [-0.1, -0.05) is 0 Å². The zero-order valence-electron chi connectivity index (χ0n) is 7.33. The predicted octanol–water partition coefficient (Wildman–Crippen LogP) is 0.675. The number of likely N-dealkylation sites (N-methyl/N-ethyl adjacent to an activating group) is 1. The molecule has 0 aromatic heterocycles. The number of alkyl carbamates (subject to hydrolysis) is 1. The van der Waals surface area contributed by atoms with Gasteiger partial charge in [0.25, 0.3) is 0 Å². The first-order chi connectivity index (χ1) is 5.52. The first-order valence-corrected chi connectivity index (χ1v) is 3.95. The Morgan fingerprint density at radius 3 is 2.67 bits per heavy atom. The lowest BCUT2D eigenvalue weighted by Crippen LogP contribution is -2.31. The lowest BCUT2D eigenvalue weighted by atomic mass is 10.6. The van der Waals surface area contributed by atoms with Crippen molar-refractivity contribution in [1.82, 2.24) is 10.2 Å². The molecule has 0 aromatic rings. The number of carbonyl (C=O) groups excluding carboxylic acids is 1. The summed E-state index contributed by atoms with van der Waals surface area (Å²) in [4.78, 5) is 12.7. The number of amides is 1. The van der Waals surface area contributed by atoms with Gasteiger partial charge in [0, 0.05) is 13.1 Å². The second-order valence-electron chi connectivity index (χ2n) is 2.51. The maximum absolute atomic E-state index is 10.8. The van der Waals surface area contributed by atoms with E-state index in [1.807, 2.05) is 19.0 Å². The molecule has 0 aliphatic carbocycles. The minimum Gasteiger partial charge on any atom is -0.404 e. The number of ether oxygens (including phenoxy) is 1. The fraction of sp³-hybridized carbons (Fsp3) is 0.571. The molecule has 4 nitrogen and oxygen atoms in total. The normalized spacial score (nSPS) is 9.67. The maximum atomic E-state index is 10.8. The fourth-order valence-corrected chi connectivity index (χ4v) is 0.608. The third-order valence-electron chi connectivity index (χ3n) is 1.04. The van der Waals surface area contributed by atoms with Crippen molar-refractivity contribution < 1.29 is 9.53 Å². The molecule has 0 aromatic carbocycles. The number of hydrogen-bond acceptors (Lipinski definition) is 4. The molecule has 1 amide bonds. The summed E-state index contributed by atoms with van der Waals surface area (Å²) in [5.41, 5.74) is 0. The molecule has 0 saturated heterocycles. The minimum atomic E-state index is -0.517. The lowest BCUT2D eigenvalue weighted by molar-refractivity contribution is 0.182. The van der Waals surface area contributed by atoms with E-state index in [1.165, 1.54) is 0 Å². The standard InChI is InChI=1S/C7H14N2O2S/c1-6(12)11-7(10)8-4-5-9(2)3/h12H,1,4-5H2,2-3H3,(H,8,10). The van der Waals surface area contributed by atoms with Gasteiger partial charge in [0.15, 0.2) is 5.09 Å². The summed E-state index contributed by atoms with van der Waals surface area (Å²) < 4.78 is 4.53. The summed E-state index contributed by atoms with van der Waals surface area (Å²) in [6.45, 7) is 4.63. The molecule has 1 N–H and O–H groups in total. The number of thiol groups is 1. The van der Waals surface area contributed by atoms with Gasteiger partial charge in [-0.05, 0) is 20.7 Å². The first-order valence-electron chi connectivity index (χ1n) is 3.50. The molecule has 0 aliphatic heterocycles. The Labute approximate surface area is 78.0 Å². The van der Waals surface area contributed by atoms with Crippen LogP contribution in [0.25, 0.3) is 0 Å². The van der Waals surface area contributed by atoms with Crippen LogP contribution in [0.15, 0.2) is 11.7 Å². The third kappa shape index (κ3) is 7.43. The molecule has 0 saturated carbocycles. The highest BCUT2D eigenvalue weighted by molar-refractivity contribution is 7.84. The zero-order chi connectivity index (χ0) is 9.56. The Kier molecular flexibility index (Phi) is 5.57. The topological polar surface area (TPSA) is 41.6 Å². The minimum absolute atomic E-state index is 0.0948. The van der Waals surface area contributed by atoms with Crippen molar-refractivity contribution in [3.8, 4) is 0 Å². The molecule has 70 valence electrons. The van der Waals surface area contributed by atoms with E-state index in [4.69, 9.17) is 0 Å². The SMILES string of the molecule is C=C(S)OC(=O)NCCN(C)C. The van der Waals surface area contributed by atoms with Crippen molar-refractivity contribution >= 4 is 18.7 Å². The van der Waals surface area contributed by atoms with Crippen LogP contribution < -0.4 is 5.32 Å². The van der Waals surface area contributed by atoms with Crippen molar-refractivity contribution in [3.63, 3.8) is 0 Å². The summed E-state index contributed by atoms with van der Waals surface area (Å²) >= 11 is 3.71. The quantitative estimate of drug-likeness (QED) is 0.506. The summed E-state index contributed by atoms with van der Waals surface area (Å²) in [6.07, 6.45) is -0.517. The Hall–Kier alpha value is -0.680. The largest absolute Gasteiger partial charge is 0.413 e. The fourth-order valence-electron chi connectivity index (χ4n) is 0.525. The Bertz CT molecular complexity index is 171. The van der Waals surface area contributed by atoms with Gasteiger partial charge in [0.2, 0.25) is 0 Å². The van der Waals surface area contributed by atoms with Crippen molar-refractivity contribution in [2.24, 2.45) is 0 Å². The number of carbonyl (C=O) groups is 1. The molecule has 0 rings (SSSR count). The zero-order valence-corrected chi connectivity index (χ0v) is 8.23. The molecule has 0 aliphatic rings. The Balaban J connectivity index is 3.38. The average Bonchev–Trinajstić information content (AvgIpc) is 1.84. The first kappa shape index (κ1) is 11.3. The highest BCUT2D eigenvalue weighted by Crippen LogP contribution is 1.96. The Morgan fingerprint density at radius 2 is 2.25 bits per heavy atom. The van der Waals surface area contributed by atoms with E-state index in [2.05, 4.69) is 29.3 Å². The number of rotatable bonds is 4. The van der Waals surface area contributed by atoms with Crippen LogP contribution in [0.2, 0.25) is 0 Å². The molecule has 0 bridgehead atoms. The van der Waals surface area contributed by atoms with Gasteiger partial charge in [0.05, 0.1) is 0 Å². The molecular formula is C7H14N2O2S. The van der Waals surface area contributed by atoms with Gasteiger partial charge < -0.3 is 15.0 Å². The highest BCUT2D eigenvalue weighted by atomic mass is 32.1. The van der Waals surface area contributed by atoms with Gasteiger partial charge in [-0.15, -0.1) is 12.6 Å². The van der Waals surface area contributed by atoms with Crippen LogP contribution in [0.4, 0.5) is 4.79 Å². The van der Waals surface area contributed by atoms with Crippen LogP contribution in [-0.4, -0.2) is 38.2 Å². The van der Waals surface area contributed by atoms with Crippen LogP contribution in [0.5, 0.6) is 0 Å². The van der Waals surface area contributed by atoms with E-state index in [1.54, 1.807) is 0 Å². The smallest absolute Gasteiger partial charge is 0.404 e. The van der Waals surface area contributed by atoms with E-state index >= 15 is 0 Å². The molecule has 0 radical (unpaired) electrons. The molecule has 12 heavy (non-hydrogen) atoms. The van der Waals surface area contributed by atoms with Crippen molar-refractivity contribution in [2.75, 3.05) is 27.2 Å². The van der Waals surface area contributed by atoms with E-state index in [-0.39, 0.29) is 5.09 Å². The third-order valence-corrected chi connectivity index (χ3v) is 1.13. The predicted molar refractivity (Wildman–Crippen MR) is 51.2 cm³/mol. The van der Waals surface area contributed by atoms with E-state index in [0.717, 1.165) is 6.54 Å². The van der Waals surface area contributed by atoms with Crippen molar-refractivity contribution in [1.29, 1.82) is 0 Å². The monoisotopic (exact) mass is 190 g/mol. The highest BCUT2D eigenvalue weighted by Gasteiger charge is 2.00. The molecule has 5 heteroatoms. The molecule has 0 unspecified atom stereocenters. The number of nitrogens with zero attached hydrogens (tertiary/aromatic N) is 1. The van der Waals surface area contributed by atoms with E-state index < -0.39 is 6.09 Å². The number of hydrogen-bond donors (Lipinski definition) is 2. The van der Waals surface area contributed by atoms with Crippen LogP contribution in [-0.2, 0) is 4.74 Å². The van der Waals surface area contributed by atoms with Gasteiger partial charge >= 0.3 is 6.09 Å². The summed E-state index contributed by atoms with van der Waals surface area (Å²) in [5, 5.41) is 2.63. The van der Waals surface area contributed by atoms with E-state index in [0.29, 0.717) is 6.54 Å². The van der Waals surface area contributed by atoms with Crippen LogP contribution in [0.1, 0.15) is 0 Å². The second-order valence-corrected chi connectivity index (χ2v) is 3.01. The van der Waals surface area contributed by atoms with Crippen LogP contribution in [0, 0.1) is 0 Å². The summed E-state index contributed by atoms with van der Waals surface area (Å²) in [6, 6.07) is 0. The van der Waals surface area contributed by atoms with Crippen LogP contribution >= 0.6 is 12.6 Å². The molecular weight excluding hydrogens is 176 g/mol. The molecule has 0 atom stereocenters.